The highest BCUT2D eigenvalue weighted by Crippen LogP contribution is 2.28. The fraction of sp³-hybridized carbons (Fsp3) is 0.412. The standard InChI is InChI=1S/C17H22N4O4/c1-4-6-13-7-8-14(15(10-13)23-3)24-12-17(22)25-11-16-18-19-20-21(16)9-5-2/h4,6-8,10H,5,9,11-12H2,1-3H3. The van der Waals surface area contributed by atoms with Crippen molar-refractivity contribution in [2.45, 2.75) is 33.4 Å². The molecule has 134 valence electrons. The van der Waals surface area contributed by atoms with Gasteiger partial charge in [-0.15, -0.1) is 5.10 Å². The van der Waals surface area contributed by atoms with Crippen LogP contribution in [0.1, 0.15) is 31.7 Å². The van der Waals surface area contributed by atoms with Gasteiger partial charge >= 0.3 is 5.97 Å². The Morgan fingerprint density at radius 2 is 2.16 bits per heavy atom. The summed E-state index contributed by atoms with van der Waals surface area (Å²) in [5, 5.41) is 11.2. The molecule has 0 aliphatic rings. The highest BCUT2D eigenvalue weighted by atomic mass is 16.6. The fourth-order valence-electron chi connectivity index (χ4n) is 2.14. The van der Waals surface area contributed by atoms with E-state index in [0.717, 1.165) is 12.0 Å². The van der Waals surface area contributed by atoms with E-state index in [1.165, 1.54) is 0 Å². The van der Waals surface area contributed by atoms with Crippen LogP contribution in [0.15, 0.2) is 24.3 Å². The minimum atomic E-state index is -0.509. The van der Waals surface area contributed by atoms with Gasteiger partial charge in [0, 0.05) is 6.54 Å². The molecular weight excluding hydrogens is 324 g/mol. The molecule has 2 aromatic rings. The molecule has 0 atom stereocenters. The molecule has 1 heterocycles. The minimum Gasteiger partial charge on any atom is -0.493 e. The predicted octanol–water partition coefficient (Wildman–Crippen LogP) is 2.25. The van der Waals surface area contributed by atoms with E-state index >= 15 is 0 Å². The van der Waals surface area contributed by atoms with Crippen molar-refractivity contribution in [3.05, 3.63) is 35.7 Å². The lowest BCUT2D eigenvalue weighted by atomic mass is 10.2. The average Bonchev–Trinajstić information content (AvgIpc) is 3.06. The molecule has 0 spiro atoms. The fourth-order valence-corrected chi connectivity index (χ4v) is 2.14. The number of ether oxygens (including phenoxy) is 3. The van der Waals surface area contributed by atoms with Gasteiger partial charge in [0.15, 0.2) is 30.5 Å². The molecule has 0 amide bonds. The lowest BCUT2D eigenvalue weighted by Crippen LogP contribution is -2.17. The number of carbonyl (C=O) groups excluding carboxylic acids is 1. The highest BCUT2D eigenvalue weighted by molar-refractivity contribution is 5.71. The third-order valence-electron chi connectivity index (χ3n) is 3.30. The molecule has 8 heteroatoms. The maximum absolute atomic E-state index is 11.9. The van der Waals surface area contributed by atoms with Crippen molar-refractivity contribution in [1.29, 1.82) is 0 Å². The SMILES string of the molecule is CC=Cc1ccc(OCC(=O)OCc2nnnn2CCC)c(OC)c1. The number of rotatable bonds is 9. The number of aromatic nitrogens is 4. The number of allylic oxidation sites excluding steroid dienone is 1. The molecule has 0 aliphatic heterocycles. The Kier molecular flexibility index (Phi) is 6.94. The van der Waals surface area contributed by atoms with Crippen LogP contribution in [0.25, 0.3) is 6.08 Å². The third kappa shape index (κ3) is 5.30. The number of hydrogen-bond acceptors (Lipinski definition) is 7. The zero-order chi connectivity index (χ0) is 18.1. The van der Waals surface area contributed by atoms with E-state index in [1.807, 2.05) is 38.1 Å². The lowest BCUT2D eigenvalue weighted by Gasteiger charge is -2.11. The number of tetrazole rings is 1. The Morgan fingerprint density at radius 3 is 2.88 bits per heavy atom. The monoisotopic (exact) mass is 346 g/mol. The first-order chi connectivity index (χ1) is 12.2. The molecule has 0 saturated heterocycles. The van der Waals surface area contributed by atoms with Crippen molar-refractivity contribution in [3.8, 4) is 11.5 Å². The summed E-state index contributed by atoms with van der Waals surface area (Å²) in [4.78, 5) is 11.9. The molecule has 0 bridgehead atoms. The zero-order valence-electron chi connectivity index (χ0n) is 14.6. The van der Waals surface area contributed by atoms with Crippen LogP contribution in [0.2, 0.25) is 0 Å². The number of methoxy groups -OCH3 is 1. The molecule has 1 aromatic carbocycles. The Bertz CT molecular complexity index is 727. The largest absolute Gasteiger partial charge is 0.493 e. The molecule has 0 fully saturated rings. The molecule has 0 aliphatic carbocycles. The van der Waals surface area contributed by atoms with Gasteiger partial charge < -0.3 is 14.2 Å². The van der Waals surface area contributed by atoms with Gasteiger partial charge in [-0.3, -0.25) is 0 Å². The first-order valence-corrected chi connectivity index (χ1v) is 8.02. The zero-order valence-corrected chi connectivity index (χ0v) is 14.6. The average molecular weight is 346 g/mol. The second-order valence-corrected chi connectivity index (χ2v) is 5.18. The van der Waals surface area contributed by atoms with Gasteiger partial charge in [0.1, 0.15) is 0 Å². The van der Waals surface area contributed by atoms with Crippen LogP contribution in [0.3, 0.4) is 0 Å². The van der Waals surface area contributed by atoms with Gasteiger partial charge in [-0.25, -0.2) is 9.48 Å². The number of aryl methyl sites for hydroxylation is 1. The third-order valence-corrected chi connectivity index (χ3v) is 3.30. The molecule has 1 aromatic heterocycles. The summed E-state index contributed by atoms with van der Waals surface area (Å²) in [5.74, 6) is 1.02. The van der Waals surface area contributed by atoms with Crippen LogP contribution >= 0.6 is 0 Å². The van der Waals surface area contributed by atoms with Crippen LogP contribution in [0.5, 0.6) is 11.5 Å². The maximum atomic E-state index is 11.9. The number of esters is 1. The Hall–Kier alpha value is -2.90. The molecule has 0 radical (unpaired) electrons. The van der Waals surface area contributed by atoms with E-state index in [4.69, 9.17) is 14.2 Å². The van der Waals surface area contributed by atoms with Crippen molar-refractivity contribution in [2.24, 2.45) is 0 Å². The second-order valence-electron chi connectivity index (χ2n) is 5.18. The summed E-state index contributed by atoms with van der Waals surface area (Å²) in [6, 6.07) is 5.46. The Labute approximate surface area is 146 Å². The summed E-state index contributed by atoms with van der Waals surface area (Å²) in [5.41, 5.74) is 0.983. The quantitative estimate of drug-likeness (QED) is 0.643. The molecule has 8 nitrogen and oxygen atoms in total. The van der Waals surface area contributed by atoms with Crippen LogP contribution < -0.4 is 9.47 Å². The maximum Gasteiger partial charge on any atom is 0.344 e. The van der Waals surface area contributed by atoms with Crippen LogP contribution in [0, 0.1) is 0 Å². The molecule has 0 saturated carbocycles. The van der Waals surface area contributed by atoms with E-state index in [9.17, 15) is 4.79 Å². The number of benzene rings is 1. The van der Waals surface area contributed by atoms with Gasteiger partial charge in [-0.1, -0.05) is 25.1 Å². The predicted molar refractivity (Wildman–Crippen MR) is 91.1 cm³/mol. The summed E-state index contributed by atoms with van der Waals surface area (Å²) in [6.45, 7) is 4.40. The van der Waals surface area contributed by atoms with E-state index < -0.39 is 5.97 Å². The summed E-state index contributed by atoms with van der Waals surface area (Å²) in [7, 11) is 1.55. The summed E-state index contributed by atoms with van der Waals surface area (Å²) < 4.78 is 17.5. The van der Waals surface area contributed by atoms with Crippen LogP contribution in [-0.4, -0.2) is 39.9 Å². The van der Waals surface area contributed by atoms with Gasteiger partial charge in [0.2, 0.25) is 0 Å². The molecule has 0 N–H and O–H groups in total. The van der Waals surface area contributed by atoms with Crippen molar-refractivity contribution >= 4 is 12.0 Å². The second kappa shape index (κ2) is 9.41. The smallest absolute Gasteiger partial charge is 0.344 e. The van der Waals surface area contributed by atoms with E-state index in [1.54, 1.807) is 17.9 Å². The molecule has 25 heavy (non-hydrogen) atoms. The van der Waals surface area contributed by atoms with E-state index in [-0.39, 0.29) is 13.2 Å². The highest BCUT2D eigenvalue weighted by Gasteiger charge is 2.12. The van der Waals surface area contributed by atoms with Crippen molar-refractivity contribution in [3.63, 3.8) is 0 Å². The first kappa shape index (κ1) is 18.4. The summed E-state index contributed by atoms with van der Waals surface area (Å²) >= 11 is 0. The first-order valence-electron chi connectivity index (χ1n) is 8.02. The van der Waals surface area contributed by atoms with Gasteiger partial charge in [0.05, 0.1) is 7.11 Å². The minimum absolute atomic E-state index is 0.00651. The summed E-state index contributed by atoms with van der Waals surface area (Å²) in [6.07, 6.45) is 4.76. The molecular formula is C17H22N4O4. The number of nitrogens with zero attached hydrogens (tertiary/aromatic N) is 4. The number of carbonyl (C=O) groups is 1. The van der Waals surface area contributed by atoms with Crippen molar-refractivity contribution in [2.75, 3.05) is 13.7 Å². The molecule has 0 unspecified atom stereocenters. The van der Waals surface area contributed by atoms with Gasteiger partial charge in [0.25, 0.3) is 0 Å². The van der Waals surface area contributed by atoms with Gasteiger partial charge in [-0.2, -0.15) is 0 Å². The normalized spacial score (nSPS) is 10.8. The van der Waals surface area contributed by atoms with Crippen LogP contribution in [0.4, 0.5) is 0 Å². The van der Waals surface area contributed by atoms with Crippen LogP contribution in [-0.2, 0) is 22.7 Å². The van der Waals surface area contributed by atoms with Gasteiger partial charge in [-0.05, 0) is 41.5 Å². The van der Waals surface area contributed by atoms with Crippen molar-refractivity contribution < 1.29 is 19.0 Å². The number of hydrogen-bond donors (Lipinski definition) is 0. The Balaban J connectivity index is 1.88. The Morgan fingerprint density at radius 1 is 1.32 bits per heavy atom. The van der Waals surface area contributed by atoms with E-state index in [0.29, 0.717) is 23.9 Å². The topological polar surface area (TPSA) is 88.4 Å². The van der Waals surface area contributed by atoms with E-state index in [2.05, 4.69) is 15.5 Å². The molecule has 2 rings (SSSR count). The lowest BCUT2D eigenvalue weighted by molar-refractivity contribution is -0.147. The van der Waals surface area contributed by atoms with Crippen molar-refractivity contribution in [1.82, 2.24) is 20.2 Å².